The number of carbonyl (C=O) groups is 1. The van der Waals surface area contributed by atoms with E-state index in [0.717, 1.165) is 25.1 Å². The quantitative estimate of drug-likeness (QED) is 0.867. The van der Waals surface area contributed by atoms with Crippen LogP contribution < -0.4 is 15.0 Å². The van der Waals surface area contributed by atoms with Gasteiger partial charge in [0.05, 0.1) is 19.2 Å². The summed E-state index contributed by atoms with van der Waals surface area (Å²) in [6.45, 7) is 1.10. The van der Waals surface area contributed by atoms with E-state index in [9.17, 15) is 4.79 Å². The van der Waals surface area contributed by atoms with Gasteiger partial charge in [-0.25, -0.2) is 0 Å². The van der Waals surface area contributed by atoms with Crippen LogP contribution in [0.1, 0.15) is 41.6 Å². The molecule has 2 heterocycles. The minimum Gasteiger partial charge on any atom is -0.497 e. The Hall–Kier alpha value is -2.33. The van der Waals surface area contributed by atoms with Crippen molar-refractivity contribution in [2.24, 2.45) is 0 Å². The van der Waals surface area contributed by atoms with Gasteiger partial charge >= 0.3 is 0 Å². The van der Waals surface area contributed by atoms with Crippen molar-refractivity contribution in [3.05, 3.63) is 65.7 Å². The average molecular weight is 351 g/mol. The normalized spacial score (nSPS) is 27.1. The van der Waals surface area contributed by atoms with Crippen molar-refractivity contribution < 1.29 is 14.4 Å². The van der Waals surface area contributed by atoms with E-state index in [2.05, 4.69) is 35.6 Å². The minimum atomic E-state index is 0.0137. The van der Waals surface area contributed by atoms with Crippen LogP contribution in [0.3, 0.4) is 0 Å². The van der Waals surface area contributed by atoms with Crippen molar-refractivity contribution >= 4 is 5.91 Å². The standard InChI is InChI=1S/C22H26N2O2/c1-26-21-9-5-8-17(12-21)22(25)23-18-13-19-10-11-20(14-18)24(19)15-16-6-3-2-4-7-16/h2-9,12,18-20H,10-11,13-15H2,1H3,(H,23,25)/p+1/t18?,19-,20+. The SMILES string of the molecule is COc1cccc(C(=O)NC2C[C@H]3CC[C@@H](C2)[NH+]3Cc2ccccc2)c1. The van der Waals surface area contributed by atoms with Gasteiger partial charge in [0.1, 0.15) is 12.3 Å². The lowest BCUT2D eigenvalue weighted by Gasteiger charge is -2.36. The molecule has 2 aliphatic rings. The molecule has 26 heavy (non-hydrogen) atoms. The van der Waals surface area contributed by atoms with Crippen LogP contribution in [0.2, 0.25) is 0 Å². The number of benzene rings is 2. The third-order valence-electron chi connectivity index (χ3n) is 5.97. The highest BCUT2D eigenvalue weighted by Crippen LogP contribution is 2.24. The molecule has 136 valence electrons. The topological polar surface area (TPSA) is 42.8 Å². The average Bonchev–Trinajstić information content (AvgIpc) is 2.90. The molecular formula is C22H27N2O2+. The Morgan fingerprint density at radius 2 is 1.81 bits per heavy atom. The van der Waals surface area contributed by atoms with Crippen molar-refractivity contribution in [2.45, 2.75) is 50.4 Å². The molecule has 2 bridgehead atoms. The third kappa shape index (κ3) is 3.61. The molecule has 2 N–H and O–H groups in total. The van der Waals surface area contributed by atoms with Gasteiger partial charge in [-0.05, 0) is 18.2 Å². The first-order valence-electron chi connectivity index (χ1n) is 9.57. The second-order valence-electron chi connectivity index (χ2n) is 7.58. The number of quaternary nitrogens is 1. The fourth-order valence-corrected chi connectivity index (χ4v) is 4.70. The van der Waals surface area contributed by atoms with Gasteiger partial charge in [0, 0.05) is 42.9 Å². The van der Waals surface area contributed by atoms with Gasteiger partial charge in [0.15, 0.2) is 0 Å². The van der Waals surface area contributed by atoms with Crippen molar-refractivity contribution in [3.63, 3.8) is 0 Å². The van der Waals surface area contributed by atoms with Gasteiger partial charge in [-0.2, -0.15) is 0 Å². The van der Waals surface area contributed by atoms with Crippen LogP contribution in [0.15, 0.2) is 54.6 Å². The van der Waals surface area contributed by atoms with E-state index in [0.29, 0.717) is 17.6 Å². The number of fused-ring (bicyclic) bond motifs is 2. The van der Waals surface area contributed by atoms with Crippen LogP contribution in [0.5, 0.6) is 5.75 Å². The van der Waals surface area contributed by atoms with Crippen molar-refractivity contribution in [3.8, 4) is 5.75 Å². The number of methoxy groups -OCH3 is 1. The maximum atomic E-state index is 12.6. The molecule has 2 unspecified atom stereocenters. The molecule has 0 spiro atoms. The van der Waals surface area contributed by atoms with Crippen molar-refractivity contribution in [1.29, 1.82) is 0 Å². The van der Waals surface area contributed by atoms with Gasteiger partial charge < -0.3 is 15.0 Å². The monoisotopic (exact) mass is 351 g/mol. The highest BCUT2D eigenvalue weighted by atomic mass is 16.5. The molecule has 2 fully saturated rings. The largest absolute Gasteiger partial charge is 0.497 e. The Kier molecular flexibility index (Phi) is 4.93. The number of ether oxygens (including phenoxy) is 1. The van der Waals surface area contributed by atoms with Gasteiger partial charge in [-0.15, -0.1) is 0 Å². The Morgan fingerprint density at radius 1 is 1.08 bits per heavy atom. The van der Waals surface area contributed by atoms with Crippen LogP contribution in [-0.4, -0.2) is 31.1 Å². The maximum Gasteiger partial charge on any atom is 0.251 e. The fraction of sp³-hybridized carbons (Fsp3) is 0.409. The molecule has 4 heteroatoms. The summed E-state index contributed by atoms with van der Waals surface area (Å²) in [7, 11) is 1.62. The Morgan fingerprint density at radius 3 is 2.50 bits per heavy atom. The van der Waals surface area contributed by atoms with E-state index in [1.54, 1.807) is 18.1 Å². The fourth-order valence-electron chi connectivity index (χ4n) is 4.70. The molecule has 4 nitrogen and oxygen atoms in total. The van der Waals surface area contributed by atoms with Crippen LogP contribution in [0, 0.1) is 0 Å². The summed E-state index contributed by atoms with van der Waals surface area (Å²) in [6, 6.07) is 19.8. The second-order valence-corrected chi connectivity index (χ2v) is 7.58. The lowest BCUT2D eigenvalue weighted by atomic mass is 9.96. The lowest BCUT2D eigenvalue weighted by molar-refractivity contribution is -0.954. The summed E-state index contributed by atoms with van der Waals surface area (Å²) in [5.41, 5.74) is 2.09. The van der Waals surface area contributed by atoms with Crippen molar-refractivity contribution in [2.75, 3.05) is 7.11 Å². The van der Waals surface area contributed by atoms with Crippen LogP contribution in [-0.2, 0) is 6.54 Å². The van der Waals surface area contributed by atoms with E-state index in [4.69, 9.17) is 4.74 Å². The molecule has 2 saturated heterocycles. The second kappa shape index (κ2) is 7.50. The number of amides is 1. The van der Waals surface area contributed by atoms with Crippen molar-refractivity contribution in [1.82, 2.24) is 5.32 Å². The first-order valence-corrected chi connectivity index (χ1v) is 9.57. The summed E-state index contributed by atoms with van der Waals surface area (Å²) in [5, 5.41) is 3.26. The molecule has 2 aliphatic heterocycles. The van der Waals surface area contributed by atoms with Gasteiger partial charge in [-0.3, -0.25) is 4.79 Å². The molecule has 0 aliphatic carbocycles. The van der Waals surface area contributed by atoms with Gasteiger partial charge in [-0.1, -0.05) is 36.4 Å². The highest BCUT2D eigenvalue weighted by molar-refractivity contribution is 5.94. The predicted octanol–water partition coefficient (Wildman–Crippen LogP) is 2.20. The van der Waals surface area contributed by atoms with Crippen LogP contribution in [0.25, 0.3) is 0 Å². The molecule has 0 radical (unpaired) electrons. The maximum absolute atomic E-state index is 12.6. The van der Waals surface area contributed by atoms with Crippen LogP contribution in [0.4, 0.5) is 0 Å². The summed E-state index contributed by atoms with van der Waals surface area (Å²) in [4.78, 5) is 14.3. The molecule has 0 saturated carbocycles. The molecule has 2 aromatic rings. The first-order chi connectivity index (χ1) is 12.7. The zero-order chi connectivity index (χ0) is 17.9. The lowest BCUT2D eigenvalue weighted by Crippen LogP contribution is -3.17. The minimum absolute atomic E-state index is 0.0137. The number of nitrogens with one attached hydrogen (secondary N) is 2. The molecule has 4 atom stereocenters. The van der Waals surface area contributed by atoms with Gasteiger partial charge in [0.25, 0.3) is 5.91 Å². The van der Waals surface area contributed by atoms with E-state index in [1.165, 1.54) is 18.4 Å². The van der Waals surface area contributed by atoms with E-state index < -0.39 is 0 Å². The zero-order valence-corrected chi connectivity index (χ0v) is 15.3. The number of hydrogen-bond donors (Lipinski definition) is 2. The smallest absolute Gasteiger partial charge is 0.251 e. The highest BCUT2D eigenvalue weighted by Gasteiger charge is 2.44. The van der Waals surface area contributed by atoms with Crippen LogP contribution >= 0.6 is 0 Å². The van der Waals surface area contributed by atoms with E-state index >= 15 is 0 Å². The molecular weight excluding hydrogens is 324 g/mol. The summed E-state index contributed by atoms with van der Waals surface area (Å²) in [5.74, 6) is 0.736. The zero-order valence-electron chi connectivity index (χ0n) is 15.3. The number of hydrogen-bond acceptors (Lipinski definition) is 2. The van der Waals surface area contributed by atoms with E-state index in [1.807, 2.05) is 18.2 Å². The molecule has 2 aromatic carbocycles. The number of carbonyl (C=O) groups excluding carboxylic acids is 1. The Bertz CT molecular complexity index is 748. The van der Waals surface area contributed by atoms with Gasteiger partial charge in [0.2, 0.25) is 0 Å². The Labute approximate surface area is 155 Å². The number of rotatable bonds is 5. The third-order valence-corrected chi connectivity index (χ3v) is 5.97. The molecule has 1 amide bonds. The molecule has 0 aromatic heterocycles. The van der Waals surface area contributed by atoms with E-state index in [-0.39, 0.29) is 11.9 Å². The molecule has 4 rings (SSSR count). The Balaban J connectivity index is 1.38. The predicted molar refractivity (Wildman–Crippen MR) is 101 cm³/mol. The summed E-state index contributed by atoms with van der Waals surface area (Å²) < 4.78 is 5.23. The first kappa shape index (κ1) is 17.1. The summed E-state index contributed by atoms with van der Waals surface area (Å²) in [6.07, 6.45) is 4.71. The summed E-state index contributed by atoms with van der Waals surface area (Å²) >= 11 is 0. The number of piperidine rings is 1.